The van der Waals surface area contributed by atoms with E-state index in [4.69, 9.17) is 22.0 Å². The number of nitrogens with zero attached hydrogens (tertiary/aromatic N) is 2. The first-order valence-corrected chi connectivity index (χ1v) is 9.90. The van der Waals surface area contributed by atoms with E-state index >= 15 is 0 Å². The number of benzene rings is 2. The number of para-hydroxylation sites is 1. The van der Waals surface area contributed by atoms with Crippen LogP contribution in [0.4, 0.5) is 11.6 Å². The highest BCUT2D eigenvalue weighted by atomic mass is 35.5. The van der Waals surface area contributed by atoms with Crippen LogP contribution in [0.15, 0.2) is 60.8 Å². The van der Waals surface area contributed by atoms with Gasteiger partial charge in [-0.2, -0.15) is 0 Å². The van der Waals surface area contributed by atoms with Gasteiger partial charge in [0.15, 0.2) is 0 Å². The Bertz CT molecular complexity index is 1090. The van der Waals surface area contributed by atoms with Gasteiger partial charge in [-0.3, -0.25) is 0 Å². The summed E-state index contributed by atoms with van der Waals surface area (Å²) in [6.45, 7) is 2.10. The minimum absolute atomic E-state index is 0.177. The van der Waals surface area contributed by atoms with E-state index < -0.39 is 0 Å². The zero-order chi connectivity index (χ0) is 20.4. The Morgan fingerprint density at radius 2 is 1.83 bits per heavy atom. The maximum atomic E-state index is 8.73. The van der Waals surface area contributed by atoms with Crippen molar-refractivity contribution in [3.8, 4) is 0 Å². The molecule has 1 aromatic heterocycles. The van der Waals surface area contributed by atoms with Crippen LogP contribution in [0, 0.1) is 5.41 Å². The monoisotopic (exact) mass is 403 g/mol. The van der Waals surface area contributed by atoms with Crippen molar-refractivity contribution < 1.29 is 0 Å². The normalized spacial score (nSPS) is 17.5. The predicted molar refractivity (Wildman–Crippen MR) is 120 cm³/mol. The number of fused-ring (bicyclic) bond motifs is 1. The molecule has 0 spiro atoms. The molecule has 0 bridgehead atoms. The van der Waals surface area contributed by atoms with Crippen LogP contribution in [0.25, 0.3) is 11.3 Å². The lowest BCUT2D eigenvalue weighted by Gasteiger charge is -2.27. The van der Waals surface area contributed by atoms with Crippen molar-refractivity contribution in [3.63, 3.8) is 0 Å². The van der Waals surface area contributed by atoms with Crippen LogP contribution < -0.4 is 10.6 Å². The van der Waals surface area contributed by atoms with Gasteiger partial charge >= 0.3 is 0 Å². The van der Waals surface area contributed by atoms with Gasteiger partial charge in [-0.1, -0.05) is 54.9 Å². The maximum Gasteiger partial charge on any atom is 0.227 e. The lowest BCUT2D eigenvalue weighted by Crippen LogP contribution is -2.22. The van der Waals surface area contributed by atoms with Crippen LogP contribution in [-0.2, 0) is 0 Å². The average Bonchev–Trinajstić information content (AvgIpc) is 2.72. The number of allylic oxidation sites excluding steroid dienone is 1. The summed E-state index contributed by atoms with van der Waals surface area (Å²) >= 11 is 6.47. The highest BCUT2D eigenvalue weighted by Crippen LogP contribution is 2.39. The van der Waals surface area contributed by atoms with E-state index in [0.717, 1.165) is 33.8 Å². The van der Waals surface area contributed by atoms with Crippen molar-refractivity contribution in [2.75, 3.05) is 12.4 Å². The largest absolute Gasteiger partial charge is 0.387 e. The number of hydrogen-bond donors (Lipinski definition) is 3. The molecule has 1 heterocycles. The van der Waals surface area contributed by atoms with Gasteiger partial charge in [-0.15, -0.1) is 0 Å². The lowest BCUT2D eigenvalue weighted by atomic mass is 9.81. The fourth-order valence-electron chi connectivity index (χ4n) is 3.65. The fourth-order valence-corrected chi connectivity index (χ4v) is 3.88. The van der Waals surface area contributed by atoms with Gasteiger partial charge in [0.05, 0.1) is 11.4 Å². The molecule has 0 radical (unpaired) electrons. The molecule has 3 aromatic rings. The van der Waals surface area contributed by atoms with E-state index in [9.17, 15) is 0 Å². The highest BCUT2D eigenvalue weighted by Gasteiger charge is 2.30. The molecular formula is C23H22ClN5. The number of rotatable bonds is 4. The third-order valence-electron chi connectivity index (χ3n) is 5.07. The number of nitrogens with one attached hydrogen (secondary N) is 3. The minimum Gasteiger partial charge on any atom is -0.387 e. The summed E-state index contributed by atoms with van der Waals surface area (Å²) in [4.78, 5) is 9.32. The van der Waals surface area contributed by atoms with Gasteiger partial charge in [0.25, 0.3) is 0 Å². The van der Waals surface area contributed by atoms with Crippen LogP contribution in [0.1, 0.15) is 36.1 Å². The zero-order valence-electron chi connectivity index (χ0n) is 16.3. The molecule has 0 amide bonds. The molecule has 5 nitrogen and oxygen atoms in total. The van der Waals surface area contributed by atoms with E-state index in [0.29, 0.717) is 23.1 Å². The number of anilines is 2. The van der Waals surface area contributed by atoms with Gasteiger partial charge in [0.2, 0.25) is 5.95 Å². The number of aromatic nitrogens is 2. The first-order valence-electron chi connectivity index (χ1n) is 9.52. The standard InChI is InChI=1S/C23H22ClN5/c1-14-12-19(25)20(21(26-2)16-10-6-7-11-18(16)24)22-17(14)13-27-23(29-22)28-15-8-4-3-5-9-15/h3-11,13-14,25-26H,12H2,1-2H3,(H,27,28,29)/b21-20+,25-19?. The molecular weight excluding hydrogens is 382 g/mol. The maximum absolute atomic E-state index is 8.73. The minimum atomic E-state index is 0.177. The van der Waals surface area contributed by atoms with Crippen LogP contribution in [0.5, 0.6) is 0 Å². The second-order valence-corrected chi connectivity index (χ2v) is 7.46. The zero-order valence-corrected chi connectivity index (χ0v) is 17.1. The smallest absolute Gasteiger partial charge is 0.227 e. The second-order valence-electron chi connectivity index (χ2n) is 7.05. The topological polar surface area (TPSA) is 73.7 Å². The van der Waals surface area contributed by atoms with E-state index in [1.54, 1.807) is 0 Å². The van der Waals surface area contributed by atoms with E-state index in [2.05, 4.69) is 22.5 Å². The summed E-state index contributed by atoms with van der Waals surface area (Å²) in [6.07, 6.45) is 2.50. The average molecular weight is 404 g/mol. The summed E-state index contributed by atoms with van der Waals surface area (Å²) in [6, 6.07) is 17.5. The Labute approximate surface area is 175 Å². The van der Waals surface area contributed by atoms with Gasteiger partial charge < -0.3 is 16.0 Å². The lowest BCUT2D eigenvalue weighted by molar-refractivity contribution is 0.774. The Hall–Kier alpha value is -3.18. The fraction of sp³-hybridized carbons (Fsp3) is 0.174. The summed E-state index contributed by atoms with van der Waals surface area (Å²) in [5.41, 5.74) is 5.69. The first kappa shape index (κ1) is 19.2. The molecule has 1 atom stereocenters. The Kier molecular flexibility index (Phi) is 5.32. The predicted octanol–water partition coefficient (Wildman–Crippen LogP) is 5.49. The molecule has 0 aliphatic heterocycles. The molecule has 0 saturated carbocycles. The third-order valence-corrected chi connectivity index (χ3v) is 5.40. The molecule has 0 saturated heterocycles. The first-order chi connectivity index (χ1) is 14.1. The van der Waals surface area contributed by atoms with E-state index in [-0.39, 0.29) is 5.92 Å². The Balaban J connectivity index is 1.88. The SMILES string of the molecule is CN/C(=C1\C(=N)CC(C)c2cnc(Nc3ccccc3)nc21)c1ccccc1Cl. The van der Waals surface area contributed by atoms with Crippen molar-refractivity contribution in [2.24, 2.45) is 0 Å². The molecule has 6 heteroatoms. The van der Waals surface area contributed by atoms with Crippen molar-refractivity contribution in [1.82, 2.24) is 15.3 Å². The van der Waals surface area contributed by atoms with Gasteiger partial charge in [-0.25, -0.2) is 9.97 Å². The summed E-state index contributed by atoms with van der Waals surface area (Å²) in [5.74, 6) is 0.681. The molecule has 4 rings (SSSR count). The molecule has 1 unspecified atom stereocenters. The van der Waals surface area contributed by atoms with Gasteiger partial charge in [0.1, 0.15) is 0 Å². The second kappa shape index (κ2) is 8.05. The van der Waals surface area contributed by atoms with Crippen molar-refractivity contribution in [1.29, 1.82) is 5.41 Å². The summed E-state index contributed by atoms with van der Waals surface area (Å²) in [7, 11) is 1.85. The Morgan fingerprint density at radius 1 is 1.10 bits per heavy atom. The van der Waals surface area contributed by atoms with Crippen LogP contribution in [-0.4, -0.2) is 22.7 Å². The van der Waals surface area contributed by atoms with Gasteiger partial charge in [0, 0.05) is 46.4 Å². The Morgan fingerprint density at radius 3 is 2.55 bits per heavy atom. The van der Waals surface area contributed by atoms with Crippen molar-refractivity contribution in [3.05, 3.63) is 82.6 Å². The molecule has 1 aliphatic carbocycles. The molecule has 29 heavy (non-hydrogen) atoms. The van der Waals surface area contributed by atoms with Crippen molar-refractivity contribution >= 4 is 40.2 Å². The molecule has 2 aromatic carbocycles. The van der Waals surface area contributed by atoms with Crippen LogP contribution >= 0.6 is 11.6 Å². The molecule has 1 aliphatic rings. The third kappa shape index (κ3) is 3.74. The summed E-state index contributed by atoms with van der Waals surface area (Å²) < 4.78 is 0. The van der Waals surface area contributed by atoms with E-state index in [1.807, 2.05) is 67.8 Å². The number of hydrogen-bond acceptors (Lipinski definition) is 5. The quantitative estimate of drug-likeness (QED) is 0.538. The van der Waals surface area contributed by atoms with Crippen LogP contribution in [0.2, 0.25) is 5.02 Å². The summed E-state index contributed by atoms with van der Waals surface area (Å²) in [5, 5.41) is 15.9. The van der Waals surface area contributed by atoms with Crippen molar-refractivity contribution in [2.45, 2.75) is 19.3 Å². The van der Waals surface area contributed by atoms with Crippen LogP contribution in [0.3, 0.4) is 0 Å². The highest BCUT2D eigenvalue weighted by molar-refractivity contribution is 6.35. The molecule has 146 valence electrons. The van der Waals surface area contributed by atoms with E-state index in [1.165, 1.54) is 0 Å². The van der Waals surface area contributed by atoms with Gasteiger partial charge in [-0.05, 0) is 30.5 Å². The number of halogens is 1. The molecule has 3 N–H and O–H groups in total. The molecule has 0 fully saturated rings.